The molecule has 2 aromatic carbocycles. The molecule has 38 heavy (non-hydrogen) atoms. The number of hydrogen-bond donors (Lipinski definition) is 2. The summed E-state index contributed by atoms with van der Waals surface area (Å²) in [5.74, 6) is 0. The van der Waals surface area contributed by atoms with Crippen LogP contribution in [-0.2, 0) is 41.3 Å². The van der Waals surface area contributed by atoms with E-state index >= 15 is 0 Å². The smallest absolute Gasteiger partial charge is 0.315 e. The summed E-state index contributed by atoms with van der Waals surface area (Å²) in [7, 11) is 3.25. The second-order valence-corrected chi connectivity index (χ2v) is 9.18. The maximum Gasteiger partial charge on any atom is 0.315 e. The van der Waals surface area contributed by atoms with Crippen LogP contribution in [0.3, 0.4) is 0 Å². The van der Waals surface area contributed by atoms with Crippen LogP contribution in [0.15, 0.2) is 60.7 Å². The van der Waals surface area contributed by atoms with Crippen molar-refractivity contribution in [3.05, 3.63) is 71.8 Å². The molecule has 0 unspecified atom stereocenters. The molecule has 2 amide bonds. The first kappa shape index (κ1) is 30.0. The molecule has 1 aliphatic heterocycles. The molecule has 210 valence electrons. The third-order valence-corrected chi connectivity index (χ3v) is 6.47. The molecule has 0 spiro atoms. The Labute approximate surface area is 226 Å². The molecule has 0 aromatic heterocycles. The van der Waals surface area contributed by atoms with Crippen molar-refractivity contribution in [1.29, 1.82) is 0 Å². The van der Waals surface area contributed by atoms with Crippen LogP contribution in [0.4, 0.5) is 4.79 Å². The summed E-state index contributed by atoms with van der Waals surface area (Å²) in [5, 5.41) is 6.25. The normalized spacial score (nSPS) is 21.5. The quantitative estimate of drug-likeness (QED) is 0.226. The Morgan fingerprint density at radius 1 is 0.632 bits per heavy atom. The van der Waals surface area contributed by atoms with Crippen molar-refractivity contribution in [1.82, 2.24) is 10.6 Å². The molecule has 9 heteroatoms. The Balaban J connectivity index is 1.77. The highest BCUT2D eigenvalue weighted by molar-refractivity contribution is 5.75. The first-order valence-electron chi connectivity index (χ1n) is 13.2. The molecule has 0 bridgehead atoms. The minimum atomic E-state index is -0.466. The first-order valence-corrected chi connectivity index (χ1v) is 13.2. The topological polar surface area (TPSA) is 96.5 Å². The van der Waals surface area contributed by atoms with Gasteiger partial charge in [-0.2, -0.15) is 0 Å². The van der Waals surface area contributed by atoms with Crippen molar-refractivity contribution in [3.8, 4) is 0 Å². The van der Waals surface area contributed by atoms with Crippen LogP contribution in [-0.4, -0.2) is 84.6 Å². The van der Waals surface area contributed by atoms with Gasteiger partial charge in [-0.3, -0.25) is 0 Å². The second-order valence-electron chi connectivity index (χ2n) is 9.18. The number of benzene rings is 2. The lowest BCUT2D eigenvalue weighted by atomic mass is 9.92. The zero-order chi connectivity index (χ0) is 26.8. The van der Waals surface area contributed by atoms with Crippen molar-refractivity contribution in [2.24, 2.45) is 0 Å². The fourth-order valence-corrected chi connectivity index (χ4v) is 4.48. The summed E-state index contributed by atoms with van der Waals surface area (Å²) >= 11 is 0. The van der Waals surface area contributed by atoms with Gasteiger partial charge in [-0.15, -0.1) is 0 Å². The number of methoxy groups -OCH3 is 2. The van der Waals surface area contributed by atoms with E-state index in [9.17, 15) is 4.79 Å². The molecule has 1 fully saturated rings. The number of carbonyl (C=O) groups is 1. The maximum absolute atomic E-state index is 13.0. The minimum absolute atomic E-state index is 0.0571. The molecule has 0 aliphatic carbocycles. The van der Waals surface area contributed by atoms with E-state index in [4.69, 9.17) is 28.4 Å². The predicted octanol–water partition coefficient (Wildman–Crippen LogP) is 3.31. The van der Waals surface area contributed by atoms with Gasteiger partial charge in [-0.05, 0) is 36.8 Å². The van der Waals surface area contributed by atoms with Crippen molar-refractivity contribution in [2.45, 2.75) is 50.0 Å². The highest BCUT2D eigenvalue weighted by Crippen LogP contribution is 2.23. The van der Waals surface area contributed by atoms with Gasteiger partial charge in [0.05, 0.1) is 38.5 Å². The van der Waals surface area contributed by atoms with Crippen LogP contribution < -0.4 is 10.6 Å². The van der Waals surface area contributed by atoms with E-state index in [-0.39, 0.29) is 31.7 Å². The lowest BCUT2D eigenvalue weighted by Gasteiger charge is -2.34. The largest absolute Gasteiger partial charge is 0.382 e. The molecule has 4 atom stereocenters. The lowest BCUT2D eigenvalue weighted by molar-refractivity contribution is -0.183. The van der Waals surface area contributed by atoms with Gasteiger partial charge in [0, 0.05) is 14.2 Å². The number of nitrogens with one attached hydrogen (secondary N) is 2. The van der Waals surface area contributed by atoms with Crippen LogP contribution in [0, 0.1) is 0 Å². The third-order valence-electron chi connectivity index (χ3n) is 6.47. The predicted molar refractivity (Wildman–Crippen MR) is 144 cm³/mol. The highest BCUT2D eigenvalue weighted by Gasteiger charge is 2.41. The Kier molecular flexibility index (Phi) is 14.1. The SMILES string of the molecule is COCCOCO[C@@H]1[C@@H](OCOCCOC)[C@@H](CCc2ccccc2)NC(=O)N[C@@H]1CCc1ccccc1. The van der Waals surface area contributed by atoms with Gasteiger partial charge < -0.3 is 39.1 Å². The molecule has 1 saturated heterocycles. The average Bonchev–Trinajstić information content (AvgIpc) is 3.07. The van der Waals surface area contributed by atoms with Crippen molar-refractivity contribution in [2.75, 3.05) is 54.2 Å². The number of ether oxygens (including phenoxy) is 6. The van der Waals surface area contributed by atoms with Crippen LogP contribution in [0.25, 0.3) is 0 Å². The zero-order valence-corrected chi connectivity index (χ0v) is 22.5. The molecular formula is C29H42N2O7. The zero-order valence-electron chi connectivity index (χ0n) is 22.5. The van der Waals surface area contributed by atoms with Crippen LogP contribution in [0.2, 0.25) is 0 Å². The summed E-state index contributed by atoms with van der Waals surface area (Å²) in [6.45, 7) is 1.87. The van der Waals surface area contributed by atoms with Gasteiger partial charge in [-0.1, -0.05) is 60.7 Å². The van der Waals surface area contributed by atoms with E-state index < -0.39 is 12.2 Å². The Hall–Kier alpha value is -2.53. The Bertz CT molecular complexity index is 816. The van der Waals surface area contributed by atoms with E-state index in [2.05, 4.69) is 34.9 Å². The van der Waals surface area contributed by atoms with Crippen LogP contribution in [0.1, 0.15) is 24.0 Å². The molecule has 3 rings (SSSR count). The summed E-state index contributed by atoms with van der Waals surface area (Å²) in [6, 6.07) is 19.6. The molecule has 0 radical (unpaired) electrons. The van der Waals surface area contributed by atoms with Crippen LogP contribution >= 0.6 is 0 Å². The van der Waals surface area contributed by atoms with Gasteiger partial charge >= 0.3 is 6.03 Å². The van der Waals surface area contributed by atoms with Crippen LogP contribution in [0.5, 0.6) is 0 Å². The van der Waals surface area contributed by atoms with E-state index in [1.54, 1.807) is 14.2 Å². The first-order chi connectivity index (χ1) is 18.7. The fourth-order valence-electron chi connectivity index (χ4n) is 4.48. The van der Waals surface area contributed by atoms with Crippen molar-refractivity contribution < 1.29 is 33.2 Å². The number of urea groups is 1. The molecule has 9 nitrogen and oxygen atoms in total. The number of rotatable bonds is 18. The van der Waals surface area contributed by atoms with Crippen molar-refractivity contribution >= 4 is 6.03 Å². The average molecular weight is 531 g/mol. The molecular weight excluding hydrogens is 488 g/mol. The second kappa shape index (κ2) is 17.9. The van der Waals surface area contributed by atoms with Gasteiger partial charge in [0.15, 0.2) is 0 Å². The number of carbonyl (C=O) groups excluding carboxylic acids is 1. The maximum atomic E-state index is 13.0. The number of hydrogen-bond acceptors (Lipinski definition) is 7. The van der Waals surface area contributed by atoms with E-state index in [0.29, 0.717) is 39.3 Å². The fraction of sp³-hybridized carbons (Fsp3) is 0.552. The van der Waals surface area contributed by atoms with E-state index in [1.807, 2.05) is 36.4 Å². The van der Waals surface area contributed by atoms with Crippen molar-refractivity contribution in [3.63, 3.8) is 0 Å². The minimum Gasteiger partial charge on any atom is -0.382 e. The van der Waals surface area contributed by atoms with E-state index in [1.165, 1.54) is 11.1 Å². The highest BCUT2D eigenvalue weighted by atomic mass is 16.7. The summed E-state index contributed by atoms with van der Waals surface area (Å²) < 4.78 is 34.0. The van der Waals surface area contributed by atoms with E-state index in [0.717, 1.165) is 12.8 Å². The summed E-state index contributed by atoms with van der Waals surface area (Å²) in [5.41, 5.74) is 2.38. The molecule has 0 saturated carbocycles. The lowest BCUT2D eigenvalue weighted by Crippen LogP contribution is -2.51. The molecule has 1 heterocycles. The Morgan fingerprint density at radius 3 is 1.45 bits per heavy atom. The molecule has 2 aromatic rings. The molecule has 2 N–H and O–H groups in total. The third kappa shape index (κ3) is 10.7. The van der Waals surface area contributed by atoms with Gasteiger partial charge in [-0.25, -0.2) is 4.79 Å². The monoisotopic (exact) mass is 530 g/mol. The summed E-state index contributed by atoms with van der Waals surface area (Å²) in [4.78, 5) is 13.0. The Morgan fingerprint density at radius 2 is 1.05 bits per heavy atom. The van der Waals surface area contributed by atoms with Gasteiger partial charge in [0.25, 0.3) is 0 Å². The number of aryl methyl sites for hydroxylation is 2. The van der Waals surface area contributed by atoms with Gasteiger partial charge in [0.2, 0.25) is 0 Å². The van der Waals surface area contributed by atoms with Gasteiger partial charge in [0.1, 0.15) is 25.8 Å². The number of amides is 2. The molecule has 1 aliphatic rings. The summed E-state index contributed by atoms with van der Waals surface area (Å²) in [6.07, 6.45) is 1.98. The standard InChI is InChI=1S/C29H42N2O7/c1-33-17-19-35-21-37-27-25(15-13-23-9-5-3-6-10-23)30-29(32)31-26(16-14-24-11-7-4-8-12-24)28(27)38-22-36-20-18-34-2/h3-12,25-28H,13-22H2,1-2H3,(H2,30,31,32)/t25-,26-,27+,28+/m1/s1.